The SMILES string of the molecule is O=C(O)Cc1c2cc[nH]c2cc2c(=O)c3ccccc3oc12. The predicted octanol–water partition coefficient (Wildman–Crippen LogP) is 3.05. The van der Waals surface area contributed by atoms with Gasteiger partial charge in [0.05, 0.1) is 17.2 Å². The standard InChI is InChI=1S/C17H11NO4/c19-15(20)8-11-9-5-6-18-13(9)7-12-16(21)10-3-1-2-4-14(10)22-17(11)12/h1-7,18H,8H2,(H,19,20). The van der Waals surface area contributed by atoms with Crippen LogP contribution in [-0.4, -0.2) is 16.1 Å². The van der Waals surface area contributed by atoms with E-state index in [1.54, 1.807) is 42.6 Å². The molecule has 0 radical (unpaired) electrons. The summed E-state index contributed by atoms with van der Waals surface area (Å²) in [5.74, 6) is -0.967. The van der Waals surface area contributed by atoms with Crippen LogP contribution in [0.5, 0.6) is 0 Å². The van der Waals surface area contributed by atoms with Crippen LogP contribution in [0.1, 0.15) is 5.56 Å². The van der Waals surface area contributed by atoms with Crippen molar-refractivity contribution in [1.82, 2.24) is 4.98 Å². The number of hydrogen-bond donors (Lipinski definition) is 2. The fraction of sp³-hybridized carbons (Fsp3) is 0.0588. The van der Waals surface area contributed by atoms with Crippen LogP contribution in [0, 0.1) is 0 Å². The van der Waals surface area contributed by atoms with Crippen molar-refractivity contribution in [3.63, 3.8) is 0 Å². The van der Waals surface area contributed by atoms with Crippen molar-refractivity contribution in [2.45, 2.75) is 6.42 Å². The summed E-state index contributed by atoms with van der Waals surface area (Å²) in [5, 5.41) is 10.8. The predicted molar refractivity (Wildman–Crippen MR) is 83.2 cm³/mol. The minimum absolute atomic E-state index is 0.153. The maximum atomic E-state index is 12.7. The summed E-state index contributed by atoms with van der Waals surface area (Å²) in [7, 11) is 0. The molecule has 0 aliphatic rings. The molecular formula is C17H11NO4. The second-order valence-electron chi connectivity index (χ2n) is 5.17. The molecule has 108 valence electrons. The lowest BCUT2D eigenvalue weighted by Gasteiger charge is -2.07. The van der Waals surface area contributed by atoms with Gasteiger partial charge in [-0.3, -0.25) is 9.59 Å². The quantitative estimate of drug-likeness (QED) is 0.556. The third-order valence-electron chi connectivity index (χ3n) is 3.83. The van der Waals surface area contributed by atoms with Crippen molar-refractivity contribution in [2.24, 2.45) is 0 Å². The smallest absolute Gasteiger partial charge is 0.307 e. The number of nitrogens with one attached hydrogen (secondary N) is 1. The lowest BCUT2D eigenvalue weighted by atomic mass is 10.0. The number of rotatable bonds is 2. The zero-order chi connectivity index (χ0) is 15.3. The summed E-state index contributed by atoms with van der Waals surface area (Å²) in [5.41, 5.74) is 1.90. The molecule has 0 fully saturated rings. The molecule has 4 rings (SSSR count). The van der Waals surface area contributed by atoms with E-state index in [1.807, 2.05) is 0 Å². The van der Waals surface area contributed by atoms with E-state index in [4.69, 9.17) is 4.42 Å². The Morgan fingerprint density at radius 2 is 1.95 bits per heavy atom. The van der Waals surface area contributed by atoms with Crippen LogP contribution in [0.4, 0.5) is 0 Å². The topological polar surface area (TPSA) is 83.3 Å². The molecule has 4 aromatic rings. The zero-order valence-corrected chi connectivity index (χ0v) is 11.4. The number of aromatic nitrogens is 1. The van der Waals surface area contributed by atoms with Crippen molar-refractivity contribution in [3.8, 4) is 0 Å². The van der Waals surface area contributed by atoms with E-state index in [9.17, 15) is 14.7 Å². The van der Waals surface area contributed by atoms with Gasteiger partial charge in [-0.05, 0) is 24.3 Å². The second kappa shape index (κ2) is 4.46. The third kappa shape index (κ3) is 1.72. The monoisotopic (exact) mass is 293 g/mol. The third-order valence-corrected chi connectivity index (χ3v) is 3.83. The van der Waals surface area contributed by atoms with E-state index in [0.717, 1.165) is 10.9 Å². The van der Waals surface area contributed by atoms with Gasteiger partial charge in [0.25, 0.3) is 0 Å². The lowest BCUT2D eigenvalue weighted by molar-refractivity contribution is -0.136. The molecule has 0 amide bonds. The Morgan fingerprint density at radius 1 is 1.14 bits per heavy atom. The molecule has 0 atom stereocenters. The zero-order valence-electron chi connectivity index (χ0n) is 11.4. The molecule has 22 heavy (non-hydrogen) atoms. The van der Waals surface area contributed by atoms with Crippen LogP contribution in [0.15, 0.2) is 51.8 Å². The molecule has 2 aromatic heterocycles. The van der Waals surface area contributed by atoms with Crippen molar-refractivity contribution in [3.05, 3.63) is 58.4 Å². The van der Waals surface area contributed by atoms with Crippen LogP contribution >= 0.6 is 0 Å². The highest BCUT2D eigenvalue weighted by molar-refractivity contribution is 6.03. The first-order valence-electron chi connectivity index (χ1n) is 6.81. The maximum Gasteiger partial charge on any atom is 0.307 e. The van der Waals surface area contributed by atoms with Crippen LogP contribution in [0.2, 0.25) is 0 Å². The minimum atomic E-state index is -0.967. The highest BCUT2D eigenvalue weighted by atomic mass is 16.4. The number of fused-ring (bicyclic) bond motifs is 3. The van der Waals surface area contributed by atoms with Gasteiger partial charge in [0.15, 0.2) is 0 Å². The van der Waals surface area contributed by atoms with Gasteiger partial charge >= 0.3 is 5.97 Å². The van der Waals surface area contributed by atoms with Crippen molar-refractivity contribution in [1.29, 1.82) is 0 Å². The van der Waals surface area contributed by atoms with E-state index < -0.39 is 5.97 Å². The van der Waals surface area contributed by atoms with Crippen molar-refractivity contribution in [2.75, 3.05) is 0 Å². The van der Waals surface area contributed by atoms with E-state index in [-0.39, 0.29) is 11.8 Å². The molecule has 2 heterocycles. The van der Waals surface area contributed by atoms with Gasteiger partial charge in [-0.25, -0.2) is 0 Å². The number of benzene rings is 2. The van der Waals surface area contributed by atoms with E-state index in [1.165, 1.54) is 0 Å². The maximum absolute atomic E-state index is 12.7. The number of carboxylic acid groups (broad SMARTS) is 1. The minimum Gasteiger partial charge on any atom is -0.481 e. The first kappa shape index (κ1) is 12.6. The first-order chi connectivity index (χ1) is 10.6. The van der Waals surface area contributed by atoms with Crippen molar-refractivity contribution >= 4 is 38.8 Å². The Balaban J connectivity index is 2.26. The number of aliphatic carboxylic acids is 1. The Kier molecular flexibility index (Phi) is 2.56. The summed E-state index contributed by atoms with van der Waals surface area (Å²) in [4.78, 5) is 26.9. The van der Waals surface area contributed by atoms with Crippen LogP contribution in [0.25, 0.3) is 32.8 Å². The average molecular weight is 293 g/mol. The van der Waals surface area contributed by atoms with Gasteiger partial charge in [0.1, 0.15) is 11.2 Å². The normalized spacial score (nSPS) is 11.5. The average Bonchev–Trinajstić information content (AvgIpc) is 2.96. The summed E-state index contributed by atoms with van der Waals surface area (Å²) < 4.78 is 5.86. The van der Waals surface area contributed by atoms with E-state index >= 15 is 0 Å². The Bertz CT molecular complexity index is 1100. The largest absolute Gasteiger partial charge is 0.481 e. The van der Waals surface area contributed by atoms with Crippen molar-refractivity contribution < 1.29 is 14.3 Å². The Hall–Kier alpha value is -3.08. The number of carboxylic acids is 1. The summed E-state index contributed by atoms with van der Waals surface area (Å²) >= 11 is 0. The lowest BCUT2D eigenvalue weighted by Crippen LogP contribution is -2.06. The molecule has 0 saturated heterocycles. The second-order valence-corrected chi connectivity index (χ2v) is 5.17. The van der Waals surface area contributed by atoms with Crippen LogP contribution in [-0.2, 0) is 11.2 Å². The number of para-hydroxylation sites is 1. The van der Waals surface area contributed by atoms with Gasteiger partial charge in [-0.2, -0.15) is 0 Å². The fourth-order valence-corrected chi connectivity index (χ4v) is 2.87. The van der Waals surface area contributed by atoms with Gasteiger partial charge in [0, 0.05) is 22.7 Å². The molecular weight excluding hydrogens is 282 g/mol. The highest BCUT2D eigenvalue weighted by Gasteiger charge is 2.17. The van der Waals surface area contributed by atoms with Gasteiger partial charge in [0.2, 0.25) is 5.43 Å². The molecule has 0 saturated carbocycles. The van der Waals surface area contributed by atoms with Crippen LogP contribution < -0.4 is 5.43 Å². The molecule has 5 nitrogen and oxygen atoms in total. The summed E-state index contributed by atoms with van der Waals surface area (Å²) in [6.45, 7) is 0. The highest BCUT2D eigenvalue weighted by Crippen LogP contribution is 2.29. The molecule has 0 bridgehead atoms. The molecule has 2 aromatic carbocycles. The molecule has 0 spiro atoms. The van der Waals surface area contributed by atoms with Gasteiger partial charge in [-0.1, -0.05) is 12.1 Å². The van der Waals surface area contributed by atoms with Gasteiger partial charge < -0.3 is 14.5 Å². The molecule has 2 N–H and O–H groups in total. The number of carbonyl (C=O) groups is 1. The number of hydrogen-bond acceptors (Lipinski definition) is 3. The number of aromatic amines is 1. The Labute approximate surface area is 123 Å². The van der Waals surface area contributed by atoms with E-state index in [2.05, 4.69) is 4.98 Å². The van der Waals surface area contributed by atoms with Gasteiger partial charge in [-0.15, -0.1) is 0 Å². The Morgan fingerprint density at radius 3 is 2.77 bits per heavy atom. The molecule has 0 aliphatic heterocycles. The molecule has 0 unspecified atom stereocenters. The molecule has 0 aliphatic carbocycles. The number of H-pyrrole nitrogens is 1. The van der Waals surface area contributed by atoms with Crippen LogP contribution in [0.3, 0.4) is 0 Å². The first-order valence-corrected chi connectivity index (χ1v) is 6.81. The molecule has 5 heteroatoms. The summed E-state index contributed by atoms with van der Waals surface area (Å²) in [6, 6.07) is 10.5. The van der Waals surface area contributed by atoms with E-state index in [0.29, 0.717) is 27.5 Å². The summed E-state index contributed by atoms with van der Waals surface area (Å²) in [6.07, 6.45) is 1.52. The fourth-order valence-electron chi connectivity index (χ4n) is 2.87.